The van der Waals surface area contributed by atoms with Gasteiger partial charge in [0.1, 0.15) is 23.1 Å². The Labute approximate surface area is 228 Å². The molecule has 8 nitrogen and oxygen atoms in total. The first kappa shape index (κ1) is 26.6. The molecule has 0 saturated carbocycles. The zero-order chi connectivity index (χ0) is 27.4. The number of carbonyl (C=O) groups excluding carboxylic acids is 1. The van der Waals surface area contributed by atoms with E-state index in [-0.39, 0.29) is 17.6 Å². The Hall–Kier alpha value is -3.98. The molecule has 4 aromatic rings. The first-order valence-electron chi connectivity index (χ1n) is 13.5. The average Bonchev–Trinajstić information content (AvgIpc) is 3.23. The number of nitrogens with one attached hydrogen (secondary N) is 3. The van der Waals surface area contributed by atoms with Crippen molar-refractivity contribution < 1.29 is 13.9 Å². The number of aryl methyl sites for hydroxylation is 1. The van der Waals surface area contributed by atoms with Gasteiger partial charge in [0.25, 0.3) is 0 Å². The number of rotatable bonds is 9. The van der Waals surface area contributed by atoms with Gasteiger partial charge in [0.15, 0.2) is 0 Å². The molecule has 1 aliphatic rings. The molecule has 1 aliphatic heterocycles. The van der Waals surface area contributed by atoms with E-state index in [2.05, 4.69) is 20.9 Å². The number of amides is 1. The van der Waals surface area contributed by atoms with Crippen molar-refractivity contribution in [2.24, 2.45) is 13.0 Å². The number of carbonyl (C=O) groups is 1. The van der Waals surface area contributed by atoms with Gasteiger partial charge in [-0.3, -0.25) is 4.79 Å². The third-order valence-electron chi connectivity index (χ3n) is 7.20. The first-order valence-corrected chi connectivity index (χ1v) is 13.5. The van der Waals surface area contributed by atoms with Crippen molar-refractivity contribution in [1.29, 1.82) is 0 Å². The molecule has 204 valence electrons. The number of piperidine rings is 1. The lowest BCUT2D eigenvalue weighted by Crippen LogP contribution is -2.28. The maximum Gasteiger partial charge on any atom is 0.225 e. The number of fused-ring (bicyclic) bond motifs is 1. The summed E-state index contributed by atoms with van der Waals surface area (Å²) in [5.41, 5.74) is 3.11. The van der Waals surface area contributed by atoms with E-state index in [9.17, 15) is 9.18 Å². The predicted octanol–water partition coefficient (Wildman–Crippen LogP) is 6.49. The largest absolute Gasteiger partial charge is 0.457 e. The highest BCUT2D eigenvalue weighted by Crippen LogP contribution is 2.30. The monoisotopic (exact) mass is 530 g/mol. The van der Waals surface area contributed by atoms with Crippen LogP contribution in [0.15, 0.2) is 54.7 Å². The fourth-order valence-electron chi connectivity index (χ4n) is 4.94. The fourth-order valence-corrected chi connectivity index (χ4v) is 4.94. The summed E-state index contributed by atoms with van der Waals surface area (Å²) in [6, 6.07) is 14.2. The number of imidazole rings is 1. The normalized spacial score (nSPS) is 14.1. The first-order chi connectivity index (χ1) is 18.9. The Kier molecular flexibility index (Phi) is 8.07. The number of hydrogen-bond donors (Lipinski definition) is 3. The van der Waals surface area contributed by atoms with E-state index < -0.39 is 0 Å². The van der Waals surface area contributed by atoms with E-state index in [4.69, 9.17) is 9.72 Å². The highest BCUT2D eigenvalue weighted by Gasteiger charge is 2.15. The van der Waals surface area contributed by atoms with Crippen molar-refractivity contribution >= 4 is 34.4 Å². The van der Waals surface area contributed by atoms with Crippen LogP contribution < -0.4 is 20.7 Å². The Morgan fingerprint density at radius 1 is 1.13 bits per heavy atom. The van der Waals surface area contributed by atoms with Crippen LogP contribution >= 0.6 is 0 Å². The molecule has 0 aliphatic carbocycles. The average molecular weight is 531 g/mol. The number of halogens is 1. The quantitative estimate of drug-likeness (QED) is 0.229. The van der Waals surface area contributed by atoms with Crippen molar-refractivity contribution in [2.75, 3.05) is 23.7 Å². The third-order valence-corrected chi connectivity index (χ3v) is 7.20. The van der Waals surface area contributed by atoms with Gasteiger partial charge in [0, 0.05) is 37.5 Å². The summed E-state index contributed by atoms with van der Waals surface area (Å²) < 4.78 is 22.2. The second-order valence-corrected chi connectivity index (χ2v) is 10.4. The minimum atomic E-state index is -0.210. The Morgan fingerprint density at radius 3 is 2.72 bits per heavy atom. The van der Waals surface area contributed by atoms with E-state index in [0.29, 0.717) is 41.2 Å². The van der Waals surface area contributed by atoms with Gasteiger partial charge < -0.3 is 25.3 Å². The molecule has 0 bridgehead atoms. The Balaban J connectivity index is 1.25. The molecule has 3 heterocycles. The van der Waals surface area contributed by atoms with Crippen LogP contribution in [0.1, 0.15) is 51.0 Å². The summed E-state index contributed by atoms with van der Waals surface area (Å²) >= 11 is 0. The number of pyridine rings is 1. The van der Waals surface area contributed by atoms with Gasteiger partial charge >= 0.3 is 0 Å². The van der Waals surface area contributed by atoms with Crippen LogP contribution in [-0.2, 0) is 11.8 Å². The molecule has 5 rings (SSSR count). The number of hydrogen-bond acceptors (Lipinski definition) is 6. The highest BCUT2D eigenvalue weighted by molar-refractivity contribution is 5.89. The minimum Gasteiger partial charge on any atom is -0.457 e. The molecular formula is C30H35FN6O2. The number of nitrogens with zero attached hydrogens (tertiary/aromatic N) is 3. The van der Waals surface area contributed by atoms with Crippen molar-refractivity contribution in [3.8, 4) is 11.5 Å². The predicted molar refractivity (Wildman–Crippen MR) is 152 cm³/mol. The number of benzene rings is 2. The molecule has 39 heavy (non-hydrogen) atoms. The minimum absolute atomic E-state index is 0.0326. The molecule has 3 N–H and O–H groups in total. The summed E-state index contributed by atoms with van der Waals surface area (Å²) in [7, 11) is 1.92. The lowest BCUT2D eigenvalue weighted by atomic mass is 9.93. The smallest absolute Gasteiger partial charge is 0.225 e. The SMILES string of the molecule is CC(C)c1cc(Nc2nc3cc(Oc4ccnc(NC(=O)CCC5CCNCC5)c4)ccc3n2C)ccc1F. The number of anilines is 3. The lowest BCUT2D eigenvalue weighted by Gasteiger charge is -2.22. The topological polar surface area (TPSA) is 93.1 Å². The number of ether oxygens (including phenoxy) is 1. The van der Waals surface area contributed by atoms with Crippen molar-refractivity contribution in [2.45, 2.75) is 45.4 Å². The van der Waals surface area contributed by atoms with Crippen LogP contribution in [0.25, 0.3) is 11.0 Å². The van der Waals surface area contributed by atoms with Crippen LogP contribution in [-0.4, -0.2) is 33.5 Å². The van der Waals surface area contributed by atoms with Crippen LogP contribution in [0.5, 0.6) is 11.5 Å². The molecule has 2 aromatic carbocycles. The summed E-state index contributed by atoms with van der Waals surface area (Å²) in [6.07, 6.45) is 5.25. The maximum atomic E-state index is 14.1. The molecule has 0 spiro atoms. The summed E-state index contributed by atoms with van der Waals surface area (Å²) in [5, 5.41) is 9.55. The van der Waals surface area contributed by atoms with Crippen LogP contribution in [0, 0.1) is 11.7 Å². The second kappa shape index (κ2) is 11.8. The lowest BCUT2D eigenvalue weighted by molar-refractivity contribution is -0.116. The standard InChI is InChI=1S/C30H35FN6O2/c1-19(2)24-16-21(5-7-25(24)31)34-30-35-26-17-22(6-8-27(26)37(30)3)39-23-12-15-33-28(18-23)36-29(38)9-4-20-10-13-32-14-11-20/h5-8,12,15-20,32H,4,9-11,13-14H2,1-3H3,(H,34,35)(H,33,36,38). The molecule has 9 heteroatoms. The van der Waals surface area contributed by atoms with Gasteiger partial charge in [-0.25, -0.2) is 14.4 Å². The van der Waals surface area contributed by atoms with Crippen LogP contribution in [0.2, 0.25) is 0 Å². The highest BCUT2D eigenvalue weighted by atomic mass is 19.1. The van der Waals surface area contributed by atoms with Crippen molar-refractivity contribution in [3.05, 3.63) is 66.1 Å². The summed E-state index contributed by atoms with van der Waals surface area (Å²) in [6.45, 7) is 6.00. The van der Waals surface area contributed by atoms with E-state index in [1.54, 1.807) is 24.4 Å². The zero-order valence-electron chi connectivity index (χ0n) is 22.6. The molecule has 2 aromatic heterocycles. The van der Waals surface area contributed by atoms with E-state index in [0.717, 1.165) is 49.1 Å². The molecule has 0 radical (unpaired) electrons. The van der Waals surface area contributed by atoms with E-state index >= 15 is 0 Å². The fraction of sp³-hybridized carbons (Fsp3) is 0.367. The Bertz CT molecular complexity index is 1460. The number of aromatic nitrogens is 3. The second-order valence-electron chi connectivity index (χ2n) is 10.4. The van der Waals surface area contributed by atoms with Crippen molar-refractivity contribution in [3.63, 3.8) is 0 Å². The molecule has 1 saturated heterocycles. The van der Waals surface area contributed by atoms with Crippen LogP contribution in [0.4, 0.5) is 21.8 Å². The van der Waals surface area contributed by atoms with Crippen molar-refractivity contribution in [1.82, 2.24) is 19.9 Å². The van der Waals surface area contributed by atoms with Gasteiger partial charge in [0.05, 0.1) is 11.0 Å². The summed E-state index contributed by atoms with van der Waals surface area (Å²) in [4.78, 5) is 21.5. The van der Waals surface area contributed by atoms with Gasteiger partial charge in [-0.1, -0.05) is 13.8 Å². The third kappa shape index (κ3) is 6.54. The Morgan fingerprint density at radius 2 is 1.92 bits per heavy atom. The molecule has 0 unspecified atom stereocenters. The summed E-state index contributed by atoms with van der Waals surface area (Å²) in [5.74, 6) is 2.73. The van der Waals surface area contributed by atoms with Gasteiger partial charge in [-0.15, -0.1) is 0 Å². The van der Waals surface area contributed by atoms with E-state index in [1.807, 2.05) is 49.7 Å². The van der Waals surface area contributed by atoms with Crippen LogP contribution in [0.3, 0.4) is 0 Å². The molecular weight excluding hydrogens is 495 g/mol. The van der Waals surface area contributed by atoms with Gasteiger partial charge in [-0.05, 0) is 86.1 Å². The van der Waals surface area contributed by atoms with Gasteiger partial charge in [-0.2, -0.15) is 0 Å². The zero-order valence-corrected chi connectivity index (χ0v) is 22.6. The molecule has 0 atom stereocenters. The van der Waals surface area contributed by atoms with E-state index in [1.165, 1.54) is 6.07 Å². The maximum absolute atomic E-state index is 14.1. The molecule has 1 fully saturated rings. The molecule has 1 amide bonds. The van der Waals surface area contributed by atoms with Gasteiger partial charge in [0.2, 0.25) is 11.9 Å².